The molecule has 2 unspecified atom stereocenters. The Morgan fingerprint density at radius 2 is 1.94 bits per heavy atom. The molecule has 1 aromatic carbocycles. The molecule has 0 bridgehead atoms. The van der Waals surface area contributed by atoms with E-state index in [9.17, 15) is 0 Å². The van der Waals surface area contributed by atoms with Crippen molar-refractivity contribution in [3.8, 4) is 0 Å². The molecule has 0 aromatic heterocycles. The van der Waals surface area contributed by atoms with Gasteiger partial charge in [-0.05, 0) is 36.4 Å². The summed E-state index contributed by atoms with van der Waals surface area (Å²) in [6, 6.07) is 8.49. The molecule has 0 amide bonds. The highest BCUT2D eigenvalue weighted by molar-refractivity contribution is 9.10. The zero-order valence-electron chi connectivity index (χ0n) is 11.7. The molecule has 0 heterocycles. The Hall–Kier alpha value is -0.340. The first kappa shape index (κ1) is 15.7. The molecule has 2 atom stereocenters. The van der Waals surface area contributed by atoms with Gasteiger partial charge in [-0.25, -0.2) is 0 Å². The molecule has 102 valence electrons. The minimum absolute atomic E-state index is 0.488. The van der Waals surface area contributed by atoms with Crippen LogP contribution >= 0.6 is 15.9 Å². The van der Waals surface area contributed by atoms with Gasteiger partial charge in [0, 0.05) is 4.47 Å². The first-order valence-corrected chi connectivity index (χ1v) is 7.96. The van der Waals surface area contributed by atoms with Crippen LogP contribution in [0.2, 0.25) is 0 Å². The fourth-order valence-electron chi connectivity index (χ4n) is 2.54. The molecule has 18 heavy (non-hydrogen) atoms. The molecule has 0 fully saturated rings. The van der Waals surface area contributed by atoms with E-state index in [4.69, 9.17) is 5.73 Å². The van der Waals surface area contributed by atoms with Crippen LogP contribution in [0.3, 0.4) is 0 Å². The Morgan fingerprint density at radius 1 is 1.22 bits per heavy atom. The monoisotopic (exact) mass is 311 g/mol. The molecule has 0 radical (unpaired) electrons. The quantitative estimate of drug-likeness (QED) is 0.710. The van der Waals surface area contributed by atoms with Crippen molar-refractivity contribution < 1.29 is 0 Å². The van der Waals surface area contributed by atoms with E-state index in [0.717, 1.165) is 12.5 Å². The van der Waals surface area contributed by atoms with Gasteiger partial charge in [-0.15, -0.1) is 0 Å². The largest absolute Gasteiger partial charge is 0.330 e. The molecule has 0 spiro atoms. The summed E-state index contributed by atoms with van der Waals surface area (Å²) in [5, 5.41) is 0. The van der Waals surface area contributed by atoms with Crippen molar-refractivity contribution >= 4 is 15.9 Å². The Kier molecular flexibility index (Phi) is 7.60. The van der Waals surface area contributed by atoms with E-state index in [1.54, 1.807) is 0 Å². The molecule has 0 aliphatic rings. The van der Waals surface area contributed by atoms with Crippen molar-refractivity contribution in [3.63, 3.8) is 0 Å². The van der Waals surface area contributed by atoms with E-state index in [1.807, 2.05) is 0 Å². The van der Waals surface area contributed by atoms with Crippen LogP contribution in [0.15, 0.2) is 28.7 Å². The molecule has 1 aromatic rings. The van der Waals surface area contributed by atoms with Gasteiger partial charge in [0.25, 0.3) is 0 Å². The maximum Gasteiger partial charge on any atom is 0.0210 e. The minimum Gasteiger partial charge on any atom is -0.330 e. The first-order valence-electron chi connectivity index (χ1n) is 7.17. The van der Waals surface area contributed by atoms with Gasteiger partial charge in [0.05, 0.1) is 0 Å². The Bertz CT molecular complexity index is 338. The van der Waals surface area contributed by atoms with Gasteiger partial charge in [-0.1, -0.05) is 73.7 Å². The fourth-order valence-corrected chi connectivity index (χ4v) is 3.15. The van der Waals surface area contributed by atoms with Crippen molar-refractivity contribution in [3.05, 3.63) is 34.3 Å². The minimum atomic E-state index is 0.488. The predicted molar refractivity (Wildman–Crippen MR) is 83.9 cm³/mol. The summed E-state index contributed by atoms with van der Waals surface area (Å²) in [4.78, 5) is 0. The number of benzene rings is 1. The molecular weight excluding hydrogens is 286 g/mol. The molecule has 0 aliphatic carbocycles. The number of nitrogens with two attached hydrogens (primary N) is 1. The maximum atomic E-state index is 5.98. The van der Waals surface area contributed by atoms with Crippen LogP contribution in [0.4, 0.5) is 0 Å². The molecule has 0 saturated carbocycles. The second kappa shape index (κ2) is 8.71. The fraction of sp³-hybridized carbons (Fsp3) is 0.625. The third-order valence-electron chi connectivity index (χ3n) is 3.79. The van der Waals surface area contributed by atoms with Crippen molar-refractivity contribution in [1.29, 1.82) is 0 Å². The number of rotatable bonds is 8. The van der Waals surface area contributed by atoms with E-state index in [1.165, 1.54) is 42.1 Å². The van der Waals surface area contributed by atoms with Crippen molar-refractivity contribution in [2.45, 2.75) is 51.9 Å². The van der Waals surface area contributed by atoms with Gasteiger partial charge in [0.15, 0.2) is 0 Å². The van der Waals surface area contributed by atoms with Crippen LogP contribution in [-0.4, -0.2) is 6.54 Å². The molecule has 2 N–H and O–H groups in total. The molecule has 0 saturated heterocycles. The third-order valence-corrected chi connectivity index (χ3v) is 4.51. The number of hydrogen-bond acceptors (Lipinski definition) is 1. The van der Waals surface area contributed by atoms with Gasteiger partial charge in [-0.3, -0.25) is 0 Å². The van der Waals surface area contributed by atoms with Crippen molar-refractivity contribution in [1.82, 2.24) is 0 Å². The summed E-state index contributed by atoms with van der Waals surface area (Å²) in [6.45, 7) is 5.31. The van der Waals surface area contributed by atoms with Gasteiger partial charge in [0.1, 0.15) is 0 Å². The van der Waals surface area contributed by atoms with Gasteiger partial charge >= 0.3 is 0 Å². The smallest absolute Gasteiger partial charge is 0.0210 e. The van der Waals surface area contributed by atoms with Crippen LogP contribution in [0, 0.1) is 5.92 Å². The maximum absolute atomic E-state index is 5.98. The van der Waals surface area contributed by atoms with Crippen molar-refractivity contribution in [2.24, 2.45) is 11.7 Å². The lowest BCUT2D eigenvalue weighted by molar-refractivity contribution is 0.386. The van der Waals surface area contributed by atoms with E-state index in [-0.39, 0.29) is 0 Å². The highest BCUT2D eigenvalue weighted by Crippen LogP contribution is 2.31. The van der Waals surface area contributed by atoms with Gasteiger partial charge < -0.3 is 5.73 Å². The normalized spacial score (nSPS) is 14.4. The second-order valence-electron chi connectivity index (χ2n) is 5.11. The molecular formula is C16H26BrN. The Balaban J connectivity index is 2.68. The zero-order valence-corrected chi connectivity index (χ0v) is 13.2. The average molecular weight is 312 g/mol. The average Bonchev–Trinajstić information content (AvgIpc) is 2.40. The molecule has 1 rings (SSSR count). The van der Waals surface area contributed by atoms with E-state index >= 15 is 0 Å². The van der Waals surface area contributed by atoms with Crippen molar-refractivity contribution in [2.75, 3.05) is 6.54 Å². The Morgan fingerprint density at radius 3 is 2.50 bits per heavy atom. The SMILES string of the molecule is CCCCC(CC)CC(CN)c1ccccc1Br. The highest BCUT2D eigenvalue weighted by atomic mass is 79.9. The zero-order chi connectivity index (χ0) is 13.4. The van der Waals surface area contributed by atoms with Crippen LogP contribution in [0.1, 0.15) is 57.4 Å². The lowest BCUT2D eigenvalue weighted by Gasteiger charge is -2.23. The summed E-state index contributed by atoms with van der Waals surface area (Å²) >= 11 is 3.65. The van der Waals surface area contributed by atoms with Crippen LogP contribution in [0.5, 0.6) is 0 Å². The summed E-state index contributed by atoms with van der Waals surface area (Å²) in [5.41, 5.74) is 7.35. The number of hydrogen-bond donors (Lipinski definition) is 1. The molecule has 1 nitrogen and oxygen atoms in total. The summed E-state index contributed by atoms with van der Waals surface area (Å²) in [7, 11) is 0. The summed E-state index contributed by atoms with van der Waals surface area (Å²) in [5.74, 6) is 1.30. The van der Waals surface area contributed by atoms with E-state index in [2.05, 4.69) is 54.0 Å². The predicted octanol–water partition coefficient (Wildman–Crippen LogP) is 5.10. The van der Waals surface area contributed by atoms with Gasteiger partial charge in [0.2, 0.25) is 0 Å². The lowest BCUT2D eigenvalue weighted by Crippen LogP contribution is -2.17. The van der Waals surface area contributed by atoms with Crippen LogP contribution in [-0.2, 0) is 0 Å². The molecule has 2 heteroatoms. The summed E-state index contributed by atoms with van der Waals surface area (Å²) in [6.07, 6.45) is 6.45. The highest BCUT2D eigenvalue weighted by Gasteiger charge is 2.17. The lowest BCUT2D eigenvalue weighted by atomic mass is 9.85. The van der Waals surface area contributed by atoms with Gasteiger partial charge in [-0.2, -0.15) is 0 Å². The summed E-state index contributed by atoms with van der Waals surface area (Å²) < 4.78 is 1.20. The van der Waals surface area contributed by atoms with Crippen LogP contribution in [0.25, 0.3) is 0 Å². The van der Waals surface area contributed by atoms with Crippen LogP contribution < -0.4 is 5.73 Å². The number of unbranched alkanes of at least 4 members (excludes halogenated alkanes) is 1. The number of halogens is 1. The third kappa shape index (κ3) is 4.74. The molecule has 0 aliphatic heterocycles. The topological polar surface area (TPSA) is 26.0 Å². The standard InChI is InChI=1S/C16H26BrN/c1-3-5-8-13(4-2)11-14(12-18)15-9-6-7-10-16(15)17/h6-7,9-10,13-14H,3-5,8,11-12,18H2,1-2H3. The first-order chi connectivity index (χ1) is 8.72. The van der Waals surface area contributed by atoms with E-state index < -0.39 is 0 Å². The van der Waals surface area contributed by atoms with E-state index in [0.29, 0.717) is 5.92 Å². The Labute approximate surface area is 120 Å². The second-order valence-corrected chi connectivity index (χ2v) is 5.96.